The van der Waals surface area contributed by atoms with E-state index in [2.05, 4.69) is 15.2 Å². The fourth-order valence-electron chi connectivity index (χ4n) is 4.18. The van der Waals surface area contributed by atoms with Crippen LogP contribution in [0.15, 0.2) is 36.4 Å². The Hall–Kier alpha value is -3.26. The van der Waals surface area contributed by atoms with Crippen molar-refractivity contribution < 1.29 is 9.53 Å². The lowest BCUT2D eigenvalue weighted by Gasteiger charge is -2.48. The van der Waals surface area contributed by atoms with Crippen molar-refractivity contribution in [2.75, 3.05) is 37.4 Å². The van der Waals surface area contributed by atoms with Crippen LogP contribution in [0.1, 0.15) is 29.6 Å². The molecule has 3 N–H and O–H groups in total. The molecule has 5 rings (SSSR count). The maximum absolute atomic E-state index is 12.0. The summed E-state index contributed by atoms with van der Waals surface area (Å²) < 4.78 is 6.01. The van der Waals surface area contributed by atoms with Crippen LogP contribution in [0.3, 0.4) is 0 Å². The molecule has 8 nitrogen and oxygen atoms in total. The number of morpholine rings is 1. The predicted molar refractivity (Wildman–Crippen MR) is 115 cm³/mol. The molecule has 1 aliphatic heterocycles. The van der Waals surface area contributed by atoms with Crippen molar-refractivity contribution in [1.82, 2.24) is 20.3 Å². The molecule has 2 aliphatic rings. The topological polar surface area (TPSA) is 106 Å². The van der Waals surface area contributed by atoms with Gasteiger partial charge in [0.2, 0.25) is 5.95 Å². The van der Waals surface area contributed by atoms with E-state index in [0.29, 0.717) is 29.6 Å². The van der Waals surface area contributed by atoms with Gasteiger partial charge in [0.1, 0.15) is 5.82 Å². The lowest BCUT2D eigenvalue weighted by Crippen LogP contribution is -2.56. The Bertz CT molecular complexity index is 1130. The number of nitrogens with zero attached hydrogens (tertiary/aromatic N) is 4. The number of nitrogens with two attached hydrogens (primary N) is 1. The van der Waals surface area contributed by atoms with Crippen LogP contribution in [0.5, 0.6) is 0 Å². The standard InChI is InChI=1S/C22H24N6O2/c1-24-20(29)15-5-2-4-14(12-15)17-7-6-16-18(23)26-21(27-19(16)25-17)28-10-11-30-22(13-28)8-3-9-22/h2,4-7,12H,3,8-11,13H2,1H3,(H,24,29)(H2,23,25,26,27). The minimum Gasteiger partial charge on any atom is -0.383 e. The Labute approximate surface area is 174 Å². The first-order valence-electron chi connectivity index (χ1n) is 10.2. The van der Waals surface area contributed by atoms with E-state index in [4.69, 9.17) is 20.4 Å². The number of amides is 1. The van der Waals surface area contributed by atoms with Gasteiger partial charge in [0.15, 0.2) is 5.65 Å². The number of benzene rings is 1. The van der Waals surface area contributed by atoms with Crippen LogP contribution < -0.4 is 16.0 Å². The molecule has 3 heterocycles. The summed E-state index contributed by atoms with van der Waals surface area (Å²) in [5.74, 6) is 0.879. The monoisotopic (exact) mass is 404 g/mol. The summed E-state index contributed by atoms with van der Waals surface area (Å²) >= 11 is 0. The lowest BCUT2D eigenvalue weighted by molar-refractivity contribution is -0.107. The number of fused-ring (bicyclic) bond motifs is 1. The van der Waals surface area contributed by atoms with Crippen molar-refractivity contribution >= 4 is 28.7 Å². The Morgan fingerprint density at radius 1 is 1.20 bits per heavy atom. The molecule has 0 atom stereocenters. The second kappa shape index (κ2) is 7.21. The van der Waals surface area contributed by atoms with Crippen molar-refractivity contribution in [3.05, 3.63) is 42.0 Å². The zero-order valence-electron chi connectivity index (χ0n) is 16.9. The van der Waals surface area contributed by atoms with Gasteiger partial charge in [0.05, 0.1) is 23.3 Å². The number of aromatic nitrogens is 3. The number of carbonyl (C=O) groups excluding carboxylic acids is 1. The zero-order valence-corrected chi connectivity index (χ0v) is 16.9. The molecule has 0 bridgehead atoms. The van der Waals surface area contributed by atoms with E-state index in [9.17, 15) is 4.79 Å². The molecule has 1 saturated carbocycles. The van der Waals surface area contributed by atoms with Gasteiger partial charge in [-0.1, -0.05) is 12.1 Å². The van der Waals surface area contributed by atoms with Crippen molar-refractivity contribution in [2.45, 2.75) is 24.9 Å². The average molecular weight is 404 g/mol. The van der Waals surface area contributed by atoms with Gasteiger partial charge in [0.25, 0.3) is 5.91 Å². The van der Waals surface area contributed by atoms with Gasteiger partial charge in [-0.25, -0.2) is 4.98 Å². The van der Waals surface area contributed by atoms with Crippen LogP contribution in [0, 0.1) is 0 Å². The van der Waals surface area contributed by atoms with E-state index in [1.165, 1.54) is 6.42 Å². The second-order valence-electron chi connectivity index (χ2n) is 7.94. The number of nitrogens with one attached hydrogen (secondary N) is 1. The minimum atomic E-state index is -0.135. The highest BCUT2D eigenvalue weighted by Gasteiger charge is 2.42. The maximum Gasteiger partial charge on any atom is 0.251 e. The summed E-state index contributed by atoms with van der Waals surface area (Å²) in [6.45, 7) is 2.19. The maximum atomic E-state index is 12.0. The molecule has 154 valence electrons. The fourth-order valence-corrected chi connectivity index (χ4v) is 4.18. The lowest BCUT2D eigenvalue weighted by atomic mass is 9.79. The van der Waals surface area contributed by atoms with Crippen molar-refractivity contribution in [3.63, 3.8) is 0 Å². The number of anilines is 2. The first kappa shape index (κ1) is 18.7. The van der Waals surface area contributed by atoms with E-state index in [1.807, 2.05) is 30.3 Å². The quantitative estimate of drug-likeness (QED) is 0.690. The molecule has 2 fully saturated rings. The summed E-state index contributed by atoms with van der Waals surface area (Å²) in [6, 6.07) is 11.1. The predicted octanol–water partition coefficient (Wildman–Crippen LogP) is 2.39. The number of hydrogen-bond donors (Lipinski definition) is 2. The second-order valence-corrected chi connectivity index (χ2v) is 7.94. The summed E-state index contributed by atoms with van der Waals surface area (Å²) in [7, 11) is 1.61. The molecular formula is C22H24N6O2. The van der Waals surface area contributed by atoms with Gasteiger partial charge >= 0.3 is 0 Å². The summed E-state index contributed by atoms with van der Waals surface area (Å²) in [5.41, 5.74) is 8.90. The van der Waals surface area contributed by atoms with Gasteiger partial charge in [-0.15, -0.1) is 0 Å². The smallest absolute Gasteiger partial charge is 0.251 e. The molecule has 0 unspecified atom stereocenters. The average Bonchev–Trinajstić information content (AvgIpc) is 2.77. The van der Waals surface area contributed by atoms with Gasteiger partial charge in [0, 0.05) is 31.3 Å². The van der Waals surface area contributed by atoms with Crippen LogP contribution in [-0.4, -0.2) is 53.2 Å². The van der Waals surface area contributed by atoms with Gasteiger partial charge in [-0.2, -0.15) is 9.97 Å². The normalized spacial score (nSPS) is 17.7. The summed E-state index contributed by atoms with van der Waals surface area (Å²) in [5, 5.41) is 3.36. The van der Waals surface area contributed by atoms with Gasteiger partial charge in [-0.05, 0) is 43.5 Å². The molecule has 1 aliphatic carbocycles. The summed E-state index contributed by atoms with van der Waals surface area (Å²) in [4.78, 5) is 28.1. The molecule has 2 aromatic heterocycles. The Balaban J connectivity index is 1.52. The highest BCUT2D eigenvalue weighted by molar-refractivity contribution is 5.95. The fraction of sp³-hybridized carbons (Fsp3) is 0.364. The molecule has 30 heavy (non-hydrogen) atoms. The van der Waals surface area contributed by atoms with Crippen molar-refractivity contribution in [2.24, 2.45) is 0 Å². The van der Waals surface area contributed by atoms with E-state index in [0.717, 1.165) is 42.6 Å². The first-order valence-corrected chi connectivity index (χ1v) is 10.2. The molecular weight excluding hydrogens is 380 g/mol. The largest absolute Gasteiger partial charge is 0.383 e. The van der Waals surface area contributed by atoms with Crippen molar-refractivity contribution in [3.8, 4) is 11.3 Å². The number of hydrogen-bond acceptors (Lipinski definition) is 7. The van der Waals surface area contributed by atoms with E-state index in [1.54, 1.807) is 13.1 Å². The molecule has 0 radical (unpaired) electrons. The molecule has 3 aromatic rings. The van der Waals surface area contributed by atoms with Gasteiger partial charge in [-0.3, -0.25) is 4.79 Å². The Kier molecular flexibility index (Phi) is 4.51. The highest BCUT2D eigenvalue weighted by Crippen LogP contribution is 2.39. The van der Waals surface area contributed by atoms with Crippen molar-refractivity contribution in [1.29, 1.82) is 0 Å². The van der Waals surface area contributed by atoms with Gasteiger partial charge < -0.3 is 20.7 Å². The van der Waals surface area contributed by atoms with Crippen LogP contribution in [0.2, 0.25) is 0 Å². The molecule has 1 amide bonds. The molecule has 1 saturated heterocycles. The van der Waals surface area contributed by atoms with Crippen LogP contribution in [-0.2, 0) is 4.74 Å². The number of rotatable bonds is 3. The number of pyridine rings is 1. The number of carbonyl (C=O) groups is 1. The first-order chi connectivity index (χ1) is 14.6. The third-order valence-corrected chi connectivity index (χ3v) is 6.02. The van der Waals surface area contributed by atoms with E-state index in [-0.39, 0.29) is 11.5 Å². The Morgan fingerprint density at radius 2 is 2.07 bits per heavy atom. The Morgan fingerprint density at radius 3 is 2.83 bits per heavy atom. The van der Waals surface area contributed by atoms with Crippen LogP contribution in [0.4, 0.5) is 11.8 Å². The van der Waals surface area contributed by atoms with E-state index >= 15 is 0 Å². The molecule has 8 heteroatoms. The molecule has 1 spiro atoms. The molecule has 1 aromatic carbocycles. The number of nitrogen functional groups attached to an aromatic ring is 1. The van der Waals surface area contributed by atoms with E-state index < -0.39 is 0 Å². The minimum absolute atomic E-state index is 0.0547. The van der Waals surface area contributed by atoms with Crippen LogP contribution in [0.25, 0.3) is 22.3 Å². The zero-order chi connectivity index (χ0) is 20.7. The SMILES string of the molecule is CNC(=O)c1cccc(-c2ccc3c(N)nc(N4CCOC5(CCC5)C4)nc3n2)c1. The van der Waals surface area contributed by atoms with Crippen LogP contribution >= 0.6 is 0 Å². The third kappa shape index (κ3) is 3.23. The number of ether oxygens (including phenoxy) is 1. The third-order valence-electron chi connectivity index (χ3n) is 6.02. The highest BCUT2D eigenvalue weighted by atomic mass is 16.5. The summed E-state index contributed by atoms with van der Waals surface area (Å²) in [6.07, 6.45) is 3.36.